The van der Waals surface area contributed by atoms with Crippen LogP contribution in [0.5, 0.6) is 0 Å². The van der Waals surface area contributed by atoms with Crippen molar-refractivity contribution in [2.75, 3.05) is 26.2 Å². The minimum atomic E-state index is -0.902. The zero-order valence-corrected chi connectivity index (χ0v) is 12.2. The molecular weight excluding hydrogens is 258 g/mol. The number of piperidine rings is 1. The van der Waals surface area contributed by atoms with Crippen LogP contribution in [-0.2, 0) is 4.79 Å². The number of carbonyl (C=O) groups is 2. The number of nitrogens with one attached hydrogen (secondary N) is 1. The van der Waals surface area contributed by atoms with Gasteiger partial charge < -0.3 is 20.2 Å². The van der Waals surface area contributed by atoms with Crippen LogP contribution in [0.2, 0.25) is 0 Å². The number of carboxylic acids is 1. The Morgan fingerprint density at radius 1 is 1.20 bits per heavy atom. The van der Waals surface area contributed by atoms with Crippen molar-refractivity contribution in [3.63, 3.8) is 0 Å². The number of hydrogen-bond donors (Lipinski definition) is 2. The number of urea groups is 1. The summed E-state index contributed by atoms with van der Waals surface area (Å²) in [5.41, 5.74) is 0. The van der Waals surface area contributed by atoms with E-state index in [4.69, 9.17) is 5.11 Å². The molecule has 0 aromatic rings. The van der Waals surface area contributed by atoms with Gasteiger partial charge in [0.2, 0.25) is 0 Å². The summed E-state index contributed by atoms with van der Waals surface area (Å²) >= 11 is 0. The maximum Gasteiger partial charge on any atom is 0.326 e. The maximum atomic E-state index is 12.1. The van der Waals surface area contributed by atoms with Gasteiger partial charge in [-0.15, -0.1) is 0 Å². The lowest BCUT2D eigenvalue weighted by Crippen LogP contribution is -2.51. The molecule has 0 radical (unpaired) electrons. The highest BCUT2D eigenvalue weighted by atomic mass is 16.4. The fourth-order valence-corrected chi connectivity index (χ4v) is 3.14. The van der Waals surface area contributed by atoms with Crippen molar-refractivity contribution in [1.82, 2.24) is 15.1 Å². The molecule has 2 fully saturated rings. The molecule has 2 aliphatic heterocycles. The van der Waals surface area contributed by atoms with E-state index in [1.165, 1.54) is 24.2 Å². The highest BCUT2D eigenvalue weighted by molar-refractivity contribution is 5.83. The predicted octanol–water partition coefficient (Wildman–Crippen LogP) is 1.12. The second kappa shape index (κ2) is 6.92. The summed E-state index contributed by atoms with van der Waals surface area (Å²) < 4.78 is 0. The fraction of sp³-hybridized carbons (Fsp3) is 0.857. The summed E-state index contributed by atoms with van der Waals surface area (Å²) in [7, 11) is 0. The van der Waals surface area contributed by atoms with Crippen LogP contribution in [0.25, 0.3) is 0 Å². The summed E-state index contributed by atoms with van der Waals surface area (Å²) in [5.74, 6) is -0.902. The van der Waals surface area contributed by atoms with Crippen molar-refractivity contribution in [3.8, 4) is 0 Å². The Kier molecular flexibility index (Phi) is 5.23. The highest BCUT2D eigenvalue weighted by Gasteiger charge is 2.34. The molecule has 2 saturated heterocycles. The maximum absolute atomic E-state index is 12.1. The molecule has 0 spiro atoms. The van der Waals surface area contributed by atoms with Crippen molar-refractivity contribution < 1.29 is 14.7 Å². The molecule has 6 nitrogen and oxygen atoms in total. The predicted molar refractivity (Wildman–Crippen MR) is 75.6 cm³/mol. The van der Waals surface area contributed by atoms with Crippen molar-refractivity contribution in [2.45, 2.75) is 51.1 Å². The van der Waals surface area contributed by atoms with Gasteiger partial charge in [-0.3, -0.25) is 0 Å². The highest BCUT2D eigenvalue weighted by Crippen LogP contribution is 2.17. The number of hydrogen-bond acceptors (Lipinski definition) is 3. The third kappa shape index (κ3) is 3.85. The van der Waals surface area contributed by atoms with Gasteiger partial charge >= 0.3 is 12.0 Å². The van der Waals surface area contributed by atoms with Gasteiger partial charge in [-0.25, -0.2) is 9.59 Å². The molecular formula is C14H25N3O3. The third-order valence-electron chi connectivity index (χ3n) is 4.15. The Morgan fingerprint density at radius 2 is 1.90 bits per heavy atom. The average Bonchev–Trinajstić information content (AvgIpc) is 2.89. The SMILES string of the molecule is CC(CN1CCCCC1)NC(=O)N1CCC[C@H]1C(=O)O. The summed E-state index contributed by atoms with van der Waals surface area (Å²) in [4.78, 5) is 27.1. The van der Waals surface area contributed by atoms with Crippen molar-refractivity contribution in [3.05, 3.63) is 0 Å². The topological polar surface area (TPSA) is 72.9 Å². The Labute approximate surface area is 120 Å². The average molecular weight is 283 g/mol. The first-order valence-electron chi connectivity index (χ1n) is 7.60. The molecule has 20 heavy (non-hydrogen) atoms. The largest absolute Gasteiger partial charge is 0.480 e. The van der Waals surface area contributed by atoms with Crippen molar-refractivity contribution in [2.24, 2.45) is 0 Å². The van der Waals surface area contributed by atoms with E-state index < -0.39 is 12.0 Å². The second-order valence-electron chi connectivity index (χ2n) is 5.90. The molecule has 2 heterocycles. The first-order valence-corrected chi connectivity index (χ1v) is 7.60. The monoisotopic (exact) mass is 283 g/mol. The van der Waals surface area contributed by atoms with Crippen LogP contribution < -0.4 is 5.32 Å². The molecule has 2 atom stereocenters. The molecule has 2 aliphatic rings. The lowest BCUT2D eigenvalue weighted by atomic mass is 10.1. The van der Waals surface area contributed by atoms with E-state index >= 15 is 0 Å². The number of nitrogens with zero attached hydrogens (tertiary/aromatic N) is 2. The van der Waals surface area contributed by atoms with Crippen LogP contribution in [0.15, 0.2) is 0 Å². The number of carboxylic acid groups (broad SMARTS) is 1. The molecule has 6 heteroatoms. The van der Waals surface area contributed by atoms with E-state index in [9.17, 15) is 9.59 Å². The number of likely N-dealkylation sites (tertiary alicyclic amines) is 2. The van der Waals surface area contributed by atoms with E-state index in [2.05, 4.69) is 10.2 Å². The molecule has 0 aromatic carbocycles. The molecule has 114 valence electrons. The molecule has 2 rings (SSSR count). The fourth-order valence-electron chi connectivity index (χ4n) is 3.14. The van der Waals surface area contributed by atoms with E-state index in [-0.39, 0.29) is 12.1 Å². The second-order valence-corrected chi connectivity index (χ2v) is 5.90. The van der Waals surface area contributed by atoms with Gasteiger partial charge in [0, 0.05) is 19.1 Å². The Balaban J connectivity index is 1.79. The van der Waals surface area contributed by atoms with Gasteiger partial charge in [-0.1, -0.05) is 6.42 Å². The third-order valence-corrected chi connectivity index (χ3v) is 4.15. The van der Waals surface area contributed by atoms with Crippen molar-refractivity contribution in [1.29, 1.82) is 0 Å². The van der Waals surface area contributed by atoms with Crippen LogP contribution in [0, 0.1) is 0 Å². The molecule has 0 aromatic heterocycles. The van der Waals surface area contributed by atoms with E-state index in [0.717, 1.165) is 26.1 Å². The summed E-state index contributed by atoms with van der Waals surface area (Å²) in [6, 6.07) is -0.841. The van der Waals surface area contributed by atoms with Gasteiger partial charge in [0.1, 0.15) is 6.04 Å². The summed E-state index contributed by atoms with van der Waals surface area (Å²) in [6.07, 6.45) is 5.08. The minimum Gasteiger partial charge on any atom is -0.480 e. The van der Waals surface area contributed by atoms with Gasteiger partial charge in [0.25, 0.3) is 0 Å². The normalized spacial score (nSPS) is 25.4. The van der Waals surface area contributed by atoms with E-state index in [1.54, 1.807) is 0 Å². The zero-order chi connectivity index (χ0) is 14.5. The van der Waals surface area contributed by atoms with Crippen molar-refractivity contribution >= 4 is 12.0 Å². The summed E-state index contributed by atoms with van der Waals surface area (Å²) in [6.45, 7) is 5.57. The Hall–Kier alpha value is -1.30. The number of rotatable bonds is 4. The lowest BCUT2D eigenvalue weighted by Gasteiger charge is -2.30. The molecule has 0 bridgehead atoms. The standard InChI is InChI=1S/C14H25N3O3/c1-11(10-16-7-3-2-4-8-16)15-14(20)17-9-5-6-12(17)13(18)19/h11-12H,2-10H2,1H3,(H,15,20)(H,18,19)/t11?,12-/m0/s1. The number of aliphatic carboxylic acids is 1. The molecule has 0 aliphatic carbocycles. The quantitative estimate of drug-likeness (QED) is 0.811. The van der Waals surface area contributed by atoms with Crippen LogP contribution >= 0.6 is 0 Å². The molecule has 2 N–H and O–H groups in total. The van der Waals surface area contributed by atoms with Crippen LogP contribution in [0.4, 0.5) is 4.79 Å². The van der Waals surface area contributed by atoms with Crippen LogP contribution in [-0.4, -0.2) is 65.2 Å². The van der Waals surface area contributed by atoms with Gasteiger partial charge in [0.15, 0.2) is 0 Å². The molecule has 1 unspecified atom stereocenters. The Bertz CT molecular complexity index is 356. The zero-order valence-electron chi connectivity index (χ0n) is 12.2. The minimum absolute atomic E-state index is 0.0515. The van der Waals surface area contributed by atoms with E-state index in [1.807, 2.05) is 6.92 Å². The van der Waals surface area contributed by atoms with Gasteiger partial charge in [-0.05, 0) is 45.7 Å². The Morgan fingerprint density at radius 3 is 2.55 bits per heavy atom. The van der Waals surface area contributed by atoms with Gasteiger partial charge in [0.05, 0.1) is 0 Å². The number of amides is 2. The van der Waals surface area contributed by atoms with E-state index in [0.29, 0.717) is 13.0 Å². The molecule has 2 amide bonds. The smallest absolute Gasteiger partial charge is 0.326 e. The first kappa shape index (κ1) is 15.1. The number of carbonyl (C=O) groups excluding carboxylic acids is 1. The summed E-state index contributed by atoms with van der Waals surface area (Å²) in [5, 5.41) is 12.0. The van der Waals surface area contributed by atoms with Gasteiger partial charge in [-0.2, -0.15) is 0 Å². The first-order chi connectivity index (χ1) is 9.58. The van der Waals surface area contributed by atoms with Crippen LogP contribution in [0.3, 0.4) is 0 Å². The molecule has 0 saturated carbocycles. The lowest BCUT2D eigenvalue weighted by molar-refractivity contribution is -0.141. The van der Waals surface area contributed by atoms with Crippen LogP contribution in [0.1, 0.15) is 39.0 Å².